The Kier molecular flexibility index (Phi) is 4.40. The number of nitrogens with one attached hydrogen (secondary N) is 2. The van der Waals surface area contributed by atoms with Gasteiger partial charge in [0.1, 0.15) is 5.82 Å². The summed E-state index contributed by atoms with van der Waals surface area (Å²) in [6, 6.07) is 5.99. The molecule has 104 valence electrons. The second-order valence-corrected chi connectivity index (χ2v) is 5.68. The van der Waals surface area contributed by atoms with Crippen LogP contribution in [-0.2, 0) is 6.54 Å². The van der Waals surface area contributed by atoms with Crippen LogP contribution < -0.4 is 10.6 Å². The van der Waals surface area contributed by atoms with Crippen molar-refractivity contribution in [3.63, 3.8) is 0 Å². The number of halogens is 1. The van der Waals surface area contributed by atoms with Crippen LogP contribution in [0.2, 0.25) is 0 Å². The molecule has 2 rings (SSSR count). The Balaban J connectivity index is 1.71. The second-order valence-electron chi connectivity index (χ2n) is 5.68. The van der Waals surface area contributed by atoms with Crippen molar-refractivity contribution in [3.8, 4) is 0 Å². The summed E-state index contributed by atoms with van der Waals surface area (Å²) in [7, 11) is 0. The molecule has 0 saturated heterocycles. The summed E-state index contributed by atoms with van der Waals surface area (Å²) in [4.78, 5) is 11.7. The van der Waals surface area contributed by atoms with Crippen LogP contribution in [0.1, 0.15) is 38.2 Å². The maximum absolute atomic E-state index is 12.7. The lowest BCUT2D eigenvalue weighted by molar-refractivity contribution is 0.231. The van der Waals surface area contributed by atoms with Gasteiger partial charge in [0, 0.05) is 13.1 Å². The molecular weight excluding hydrogens is 243 g/mol. The van der Waals surface area contributed by atoms with E-state index in [1.807, 2.05) is 0 Å². The Bertz CT molecular complexity index is 424. The lowest BCUT2D eigenvalue weighted by atomic mass is 9.89. The standard InChI is InChI=1S/C15H21FN2O/c1-15(8-2-3-9-15)11-18-14(19)17-10-12-4-6-13(16)7-5-12/h4-7H,2-3,8-11H2,1H3,(H2,17,18,19). The van der Waals surface area contributed by atoms with Crippen molar-refractivity contribution in [1.82, 2.24) is 10.6 Å². The Morgan fingerprint density at radius 3 is 2.47 bits per heavy atom. The molecule has 1 saturated carbocycles. The highest BCUT2D eigenvalue weighted by molar-refractivity contribution is 5.73. The third-order valence-electron chi connectivity index (χ3n) is 3.85. The van der Waals surface area contributed by atoms with E-state index < -0.39 is 0 Å². The van der Waals surface area contributed by atoms with Crippen LogP contribution in [-0.4, -0.2) is 12.6 Å². The molecule has 0 aliphatic heterocycles. The summed E-state index contributed by atoms with van der Waals surface area (Å²) >= 11 is 0. The minimum atomic E-state index is -0.262. The van der Waals surface area contributed by atoms with Crippen LogP contribution in [0.25, 0.3) is 0 Å². The maximum Gasteiger partial charge on any atom is 0.315 e. The van der Waals surface area contributed by atoms with E-state index >= 15 is 0 Å². The molecule has 0 spiro atoms. The molecule has 2 N–H and O–H groups in total. The summed E-state index contributed by atoms with van der Waals surface area (Å²) in [5.74, 6) is -0.262. The highest BCUT2D eigenvalue weighted by Gasteiger charge is 2.28. The minimum absolute atomic E-state index is 0.155. The van der Waals surface area contributed by atoms with Gasteiger partial charge in [-0.3, -0.25) is 0 Å². The van der Waals surface area contributed by atoms with E-state index in [2.05, 4.69) is 17.6 Å². The van der Waals surface area contributed by atoms with Crippen molar-refractivity contribution in [2.24, 2.45) is 5.41 Å². The third kappa shape index (κ3) is 4.23. The van der Waals surface area contributed by atoms with Gasteiger partial charge >= 0.3 is 6.03 Å². The summed E-state index contributed by atoms with van der Waals surface area (Å²) in [5, 5.41) is 5.71. The van der Waals surface area contributed by atoms with Crippen molar-refractivity contribution < 1.29 is 9.18 Å². The lowest BCUT2D eigenvalue weighted by Crippen LogP contribution is -2.40. The largest absolute Gasteiger partial charge is 0.338 e. The highest BCUT2D eigenvalue weighted by Crippen LogP contribution is 2.36. The highest BCUT2D eigenvalue weighted by atomic mass is 19.1. The molecule has 19 heavy (non-hydrogen) atoms. The number of hydrogen-bond donors (Lipinski definition) is 2. The number of urea groups is 1. The molecule has 0 unspecified atom stereocenters. The van der Waals surface area contributed by atoms with E-state index in [1.54, 1.807) is 12.1 Å². The fourth-order valence-electron chi connectivity index (χ4n) is 2.55. The average Bonchev–Trinajstić information content (AvgIpc) is 2.83. The van der Waals surface area contributed by atoms with Crippen LogP contribution in [0.4, 0.5) is 9.18 Å². The zero-order valence-corrected chi connectivity index (χ0v) is 11.3. The molecule has 1 aromatic rings. The predicted octanol–water partition coefficient (Wildman–Crippen LogP) is 3.21. The quantitative estimate of drug-likeness (QED) is 0.861. The van der Waals surface area contributed by atoms with Gasteiger partial charge in [-0.2, -0.15) is 0 Å². The van der Waals surface area contributed by atoms with Crippen molar-refractivity contribution in [2.75, 3.05) is 6.54 Å². The normalized spacial score (nSPS) is 17.2. The Hall–Kier alpha value is -1.58. The monoisotopic (exact) mass is 264 g/mol. The SMILES string of the molecule is CC1(CNC(=O)NCc2ccc(F)cc2)CCCC1. The van der Waals surface area contributed by atoms with Gasteiger partial charge in [-0.25, -0.2) is 9.18 Å². The van der Waals surface area contributed by atoms with Crippen molar-refractivity contribution in [3.05, 3.63) is 35.6 Å². The van der Waals surface area contributed by atoms with Crippen LogP contribution in [0.15, 0.2) is 24.3 Å². The topological polar surface area (TPSA) is 41.1 Å². The van der Waals surface area contributed by atoms with Crippen molar-refractivity contribution in [2.45, 2.75) is 39.2 Å². The number of carbonyl (C=O) groups is 1. The molecule has 1 aliphatic carbocycles. The molecule has 0 aromatic heterocycles. The Morgan fingerprint density at radius 2 is 1.84 bits per heavy atom. The van der Waals surface area contributed by atoms with Gasteiger partial charge in [0.15, 0.2) is 0 Å². The third-order valence-corrected chi connectivity index (χ3v) is 3.85. The van der Waals surface area contributed by atoms with Crippen molar-refractivity contribution in [1.29, 1.82) is 0 Å². The molecule has 1 aromatic carbocycles. The number of hydrogen-bond acceptors (Lipinski definition) is 1. The summed E-state index contributed by atoms with van der Waals surface area (Å²) in [6.07, 6.45) is 4.89. The molecule has 2 amide bonds. The average molecular weight is 264 g/mol. The Morgan fingerprint density at radius 1 is 1.21 bits per heavy atom. The lowest BCUT2D eigenvalue weighted by Gasteiger charge is -2.23. The van der Waals surface area contributed by atoms with Gasteiger partial charge < -0.3 is 10.6 Å². The van der Waals surface area contributed by atoms with Gasteiger partial charge in [0.25, 0.3) is 0 Å². The first-order valence-corrected chi connectivity index (χ1v) is 6.84. The van der Waals surface area contributed by atoms with E-state index in [0.717, 1.165) is 12.1 Å². The number of amides is 2. The van der Waals surface area contributed by atoms with Gasteiger partial charge in [0.2, 0.25) is 0 Å². The smallest absolute Gasteiger partial charge is 0.315 e. The van der Waals surface area contributed by atoms with E-state index in [1.165, 1.54) is 37.8 Å². The van der Waals surface area contributed by atoms with E-state index in [-0.39, 0.29) is 17.3 Å². The van der Waals surface area contributed by atoms with Gasteiger partial charge in [0.05, 0.1) is 0 Å². The molecule has 0 atom stereocenters. The Labute approximate surface area is 113 Å². The van der Waals surface area contributed by atoms with Crippen LogP contribution >= 0.6 is 0 Å². The first kappa shape index (κ1) is 13.8. The summed E-state index contributed by atoms with van der Waals surface area (Å²) in [6.45, 7) is 3.37. The first-order valence-electron chi connectivity index (χ1n) is 6.84. The molecule has 1 fully saturated rings. The zero-order valence-electron chi connectivity index (χ0n) is 11.3. The molecule has 3 nitrogen and oxygen atoms in total. The van der Waals surface area contributed by atoms with E-state index in [0.29, 0.717) is 6.54 Å². The summed E-state index contributed by atoms with van der Waals surface area (Å²) in [5.41, 5.74) is 1.15. The predicted molar refractivity (Wildman–Crippen MR) is 73.2 cm³/mol. The fraction of sp³-hybridized carbons (Fsp3) is 0.533. The van der Waals surface area contributed by atoms with E-state index in [4.69, 9.17) is 0 Å². The summed E-state index contributed by atoms with van der Waals surface area (Å²) < 4.78 is 12.7. The molecule has 1 aliphatic rings. The molecule has 0 heterocycles. The van der Waals surface area contributed by atoms with E-state index in [9.17, 15) is 9.18 Å². The van der Waals surface area contributed by atoms with Crippen LogP contribution in [0, 0.1) is 11.2 Å². The van der Waals surface area contributed by atoms with Gasteiger partial charge in [-0.1, -0.05) is 31.9 Å². The van der Waals surface area contributed by atoms with Crippen LogP contribution in [0.5, 0.6) is 0 Å². The zero-order chi connectivity index (χ0) is 13.7. The first-order chi connectivity index (χ1) is 9.07. The fourth-order valence-corrected chi connectivity index (χ4v) is 2.55. The van der Waals surface area contributed by atoms with Crippen molar-refractivity contribution >= 4 is 6.03 Å². The molecular formula is C15H21FN2O. The maximum atomic E-state index is 12.7. The molecule has 0 radical (unpaired) electrons. The molecule has 0 bridgehead atoms. The number of benzene rings is 1. The van der Waals surface area contributed by atoms with Crippen LogP contribution in [0.3, 0.4) is 0 Å². The minimum Gasteiger partial charge on any atom is -0.338 e. The number of carbonyl (C=O) groups excluding carboxylic acids is 1. The second kappa shape index (κ2) is 6.04. The molecule has 4 heteroatoms. The van der Waals surface area contributed by atoms with Gasteiger partial charge in [-0.05, 0) is 36.0 Å². The number of rotatable bonds is 4. The van der Waals surface area contributed by atoms with Gasteiger partial charge in [-0.15, -0.1) is 0 Å².